The summed E-state index contributed by atoms with van der Waals surface area (Å²) >= 11 is 6.33. The highest BCUT2D eigenvalue weighted by Gasteiger charge is 2.44. The Morgan fingerprint density at radius 3 is 2.15 bits per heavy atom. The first-order valence-electron chi connectivity index (χ1n) is 6.52. The van der Waals surface area contributed by atoms with Gasteiger partial charge in [-0.2, -0.15) is 4.99 Å². The molecule has 0 unspecified atom stereocenters. The molecule has 0 aliphatic heterocycles. The Balaban J connectivity index is 2.80. The second-order valence-electron chi connectivity index (χ2n) is 5.09. The molecule has 0 aromatic heterocycles. The van der Waals surface area contributed by atoms with Crippen LogP contribution in [0.2, 0.25) is 5.02 Å². The molecule has 0 radical (unpaired) electrons. The SMILES string of the molecule is COc1c(C)c(C2(N=C=O)CCC2)c(OC)c(C)c1Cl. The Morgan fingerprint density at radius 2 is 1.75 bits per heavy atom. The molecule has 20 heavy (non-hydrogen) atoms. The van der Waals surface area contributed by atoms with Crippen molar-refractivity contribution in [3.05, 3.63) is 21.7 Å². The van der Waals surface area contributed by atoms with Crippen molar-refractivity contribution in [1.82, 2.24) is 0 Å². The number of rotatable bonds is 4. The van der Waals surface area contributed by atoms with Gasteiger partial charge in [0.05, 0.1) is 19.2 Å². The molecule has 108 valence electrons. The van der Waals surface area contributed by atoms with Crippen LogP contribution in [0.1, 0.15) is 36.0 Å². The van der Waals surface area contributed by atoms with Gasteiger partial charge in [-0.15, -0.1) is 0 Å². The fourth-order valence-electron chi connectivity index (χ4n) is 2.98. The van der Waals surface area contributed by atoms with Gasteiger partial charge in [-0.05, 0) is 33.1 Å². The van der Waals surface area contributed by atoms with Gasteiger partial charge in [0.25, 0.3) is 0 Å². The molecule has 0 N–H and O–H groups in total. The summed E-state index contributed by atoms with van der Waals surface area (Å²) in [5, 5.41) is 0.537. The minimum atomic E-state index is -0.542. The average Bonchev–Trinajstić information content (AvgIpc) is 2.39. The number of aliphatic imine (C=N–C) groups is 1. The van der Waals surface area contributed by atoms with Gasteiger partial charge in [-0.25, -0.2) is 4.79 Å². The monoisotopic (exact) mass is 295 g/mol. The summed E-state index contributed by atoms with van der Waals surface area (Å²) in [4.78, 5) is 14.9. The van der Waals surface area contributed by atoms with E-state index in [9.17, 15) is 4.79 Å². The minimum absolute atomic E-state index is 0.537. The zero-order chi connectivity index (χ0) is 14.9. The summed E-state index contributed by atoms with van der Waals surface area (Å²) < 4.78 is 10.9. The van der Waals surface area contributed by atoms with Crippen LogP contribution in [0.15, 0.2) is 4.99 Å². The van der Waals surface area contributed by atoms with E-state index in [-0.39, 0.29) is 0 Å². The van der Waals surface area contributed by atoms with Crippen molar-refractivity contribution in [1.29, 1.82) is 0 Å². The number of hydrogen-bond acceptors (Lipinski definition) is 4. The molecule has 0 spiro atoms. The molecule has 4 nitrogen and oxygen atoms in total. The highest BCUT2D eigenvalue weighted by Crippen LogP contribution is 2.53. The van der Waals surface area contributed by atoms with Gasteiger partial charge in [0.15, 0.2) is 0 Å². The van der Waals surface area contributed by atoms with Gasteiger partial charge >= 0.3 is 0 Å². The predicted octanol–water partition coefficient (Wildman–Crippen LogP) is 3.69. The average molecular weight is 296 g/mol. The fourth-order valence-corrected chi connectivity index (χ4v) is 3.29. The Bertz CT molecular complexity index is 588. The first-order chi connectivity index (χ1) is 9.52. The molecule has 0 saturated heterocycles. The van der Waals surface area contributed by atoms with E-state index >= 15 is 0 Å². The molecule has 5 heteroatoms. The number of halogens is 1. The molecule has 1 saturated carbocycles. The van der Waals surface area contributed by atoms with Crippen molar-refractivity contribution >= 4 is 17.7 Å². The zero-order valence-corrected chi connectivity index (χ0v) is 12.9. The largest absolute Gasteiger partial charge is 0.496 e. The van der Waals surface area contributed by atoms with Crippen LogP contribution in [0.5, 0.6) is 11.5 Å². The van der Waals surface area contributed by atoms with Crippen LogP contribution in [-0.2, 0) is 10.3 Å². The second kappa shape index (κ2) is 5.47. The van der Waals surface area contributed by atoms with Crippen LogP contribution >= 0.6 is 11.6 Å². The predicted molar refractivity (Wildman–Crippen MR) is 77.7 cm³/mol. The van der Waals surface area contributed by atoms with Gasteiger partial charge in [0.2, 0.25) is 6.08 Å². The summed E-state index contributed by atoms with van der Waals surface area (Å²) in [5.74, 6) is 1.30. The van der Waals surface area contributed by atoms with Crippen LogP contribution in [0.4, 0.5) is 0 Å². The van der Waals surface area contributed by atoms with Crippen LogP contribution < -0.4 is 9.47 Å². The van der Waals surface area contributed by atoms with Gasteiger partial charge in [-0.3, -0.25) is 0 Å². The third-order valence-corrected chi connectivity index (χ3v) is 4.58. The normalized spacial score (nSPS) is 16.1. The van der Waals surface area contributed by atoms with E-state index in [0.29, 0.717) is 16.5 Å². The molecule has 1 aliphatic carbocycles. The number of isocyanates is 1. The minimum Gasteiger partial charge on any atom is -0.496 e. The maximum atomic E-state index is 10.8. The Labute approximate surface area is 123 Å². The Hall–Kier alpha value is -1.51. The van der Waals surface area contributed by atoms with Crippen molar-refractivity contribution < 1.29 is 14.3 Å². The third-order valence-electron chi connectivity index (χ3n) is 4.13. The number of ether oxygens (including phenoxy) is 2. The molecule has 0 amide bonds. The zero-order valence-electron chi connectivity index (χ0n) is 12.2. The van der Waals surface area contributed by atoms with Crippen molar-refractivity contribution in [3.63, 3.8) is 0 Å². The number of methoxy groups -OCH3 is 2. The van der Waals surface area contributed by atoms with Crippen LogP contribution in [0, 0.1) is 13.8 Å². The lowest BCUT2D eigenvalue weighted by Crippen LogP contribution is -2.33. The third kappa shape index (κ3) is 2.00. The summed E-state index contributed by atoms with van der Waals surface area (Å²) in [5.41, 5.74) is 2.03. The molecule has 1 aliphatic rings. The highest BCUT2D eigenvalue weighted by molar-refractivity contribution is 6.33. The number of carbonyl (C=O) groups excluding carboxylic acids is 1. The molecule has 0 atom stereocenters. The number of nitrogens with zero attached hydrogens (tertiary/aromatic N) is 1. The lowest BCUT2D eigenvalue weighted by molar-refractivity contribution is 0.243. The maximum Gasteiger partial charge on any atom is 0.235 e. The maximum absolute atomic E-state index is 10.8. The summed E-state index contributed by atoms with van der Waals surface area (Å²) in [6, 6.07) is 0. The van der Waals surface area contributed by atoms with Gasteiger partial charge in [0, 0.05) is 16.7 Å². The molecule has 1 aromatic rings. The van der Waals surface area contributed by atoms with Gasteiger partial charge in [-0.1, -0.05) is 11.6 Å². The van der Waals surface area contributed by atoms with E-state index < -0.39 is 5.54 Å². The van der Waals surface area contributed by atoms with Crippen molar-refractivity contribution in [2.75, 3.05) is 14.2 Å². The van der Waals surface area contributed by atoms with E-state index in [1.165, 1.54) is 0 Å². The van der Waals surface area contributed by atoms with Crippen LogP contribution in [-0.4, -0.2) is 20.3 Å². The van der Waals surface area contributed by atoms with Crippen LogP contribution in [0.25, 0.3) is 0 Å². The number of benzene rings is 1. The summed E-state index contributed by atoms with van der Waals surface area (Å²) in [7, 11) is 3.19. The second-order valence-corrected chi connectivity index (χ2v) is 5.47. The summed E-state index contributed by atoms with van der Waals surface area (Å²) in [6.07, 6.45) is 4.35. The van der Waals surface area contributed by atoms with Crippen molar-refractivity contribution in [2.24, 2.45) is 4.99 Å². The highest BCUT2D eigenvalue weighted by atomic mass is 35.5. The smallest absolute Gasteiger partial charge is 0.235 e. The van der Waals surface area contributed by atoms with E-state index in [4.69, 9.17) is 21.1 Å². The first-order valence-corrected chi connectivity index (χ1v) is 6.90. The van der Waals surface area contributed by atoms with E-state index in [1.54, 1.807) is 20.3 Å². The van der Waals surface area contributed by atoms with Gasteiger partial charge < -0.3 is 9.47 Å². The molecule has 0 bridgehead atoms. The standard InChI is InChI=1S/C15H18ClNO3/c1-9-11(15(17-8-18)6-5-7-15)13(19-3)10(2)12(16)14(9)20-4/h5-7H2,1-4H3. The Kier molecular flexibility index (Phi) is 4.07. The topological polar surface area (TPSA) is 47.9 Å². The fraction of sp³-hybridized carbons (Fsp3) is 0.533. The number of hydrogen-bond donors (Lipinski definition) is 0. The van der Waals surface area contributed by atoms with E-state index in [1.807, 2.05) is 13.8 Å². The molecule has 0 heterocycles. The molecule has 2 rings (SSSR count). The lowest BCUT2D eigenvalue weighted by atomic mass is 9.70. The first kappa shape index (κ1) is 14.9. The van der Waals surface area contributed by atoms with Crippen LogP contribution in [0.3, 0.4) is 0 Å². The lowest BCUT2D eigenvalue weighted by Gasteiger charge is -2.39. The molecule has 1 aromatic carbocycles. The van der Waals surface area contributed by atoms with E-state index in [0.717, 1.165) is 36.0 Å². The van der Waals surface area contributed by atoms with Crippen molar-refractivity contribution in [3.8, 4) is 11.5 Å². The molecular weight excluding hydrogens is 278 g/mol. The quantitative estimate of drug-likeness (QED) is 0.629. The molecule has 1 fully saturated rings. The van der Waals surface area contributed by atoms with Gasteiger partial charge in [0.1, 0.15) is 17.0 Å². The molecular formula is C15H18ClNO3. The van der Waals surface area contributed by atoms with E-state index in [2.05, 4.69) is 4.99 Å². The Morgan fingerprint density at radius 1 is 1.15 bits per heavy atom. The van der Waals surface area contributed by atoms with Crippen molar-refractivity contribution in [2.45, 2.75) is 38.6 Å². The summed E-state index contributed by atoms with van der Waals surface area (Å²) in [6.45, 7) is 3.80.